The minimum Gasteiger partial charge on any atom is -0.158 e. The van der Waals surface area contributed by atoms with E-state index in [-0.39, 0.29) is 0 Å². The zero-order chi connectivity index (χ0) is 9.10. The molecule has 2 heteroatoms. The highest BCUT2D eigenvalue weighted by atomic mass is 15.1. The minimum absolute atomic E-state index is 0.922. The summed E-state index contributed by atoms with van der Waals surface area (Å²) in [5.41, 5.74) is 4.47. The highest BCUT2D eigenvalue weighted by Gasteiger charge is 1.89. The molecule has 1 aromatic rings. The first-order chi connectivity index (χ1) is 6.36. The molecule has 0 spiro atoms. The molecule has 2 rings (SSSR count). The fourth-order valence-electron chi connectivity index (χ4n) is 1.21. The lowest BCUT2D eigenvalue weighted by Crippen LogP contribution is -2.28. The van der Waals surface area contributed by atoms with E-state index in [1.807, 2.05) is 12.1 Å². The van der Waals surface area contributed by atoms with Crippen molar-refractivity contribution in [3.05, 3.63) is 40.6 Å². The normalized spacial score (nSPS) is 21.0. The molecule has 0 radical (unpaired) electrons. The maximum absolute atomic E-state index is 4.04. The first-order valence-electron chi connectivity index (χ1n) is 4.26. The van der Waals surface area contributed by atoms with Crippen LogP contribution in [0.25, 0.3) is 11.8 Å². The van der Waals surface area contributed by atoms with Crippen LogP contribution >= 0.6 is 0 Å². The number of hydrogen-bond donors (Lipinski definition) is 0. The monoisotopic (exact) mass is 170 g/mol. The van der Waals surface area contributed by atoms with Gasteiger partial charge < -0.3 is 0 Å². The summed E-state index contributed by atoms with van der Waals surface area (Å²) in [6.07, 6.45) is 8.70. The third-order valence-electron chi connectivity index (χ3n) is 1.97. The first kappa shape index (κ1) is 7.96. The lowest BCUT2D eigenvalue weighted by Gasteiger charge is -1.94. The second-order valence-electron chi connectivity index (χ2n) is 3.06. The van der Waals surface area contributed by atoms with Crippen molar-refractivity contribution in [1.82, 2.24) is 10.2 Å². The molecule has 1 aliphatic rings. The predicted molar refractivity (Wildman–Crippen MR) is 52.1 cm³/mol. The third-order valence-corrected chi connectivity index (χ3v) is 1.97. The molecule has 1 aromatic heterocycles. The van der Waals surface area contributed by atoms with Crippen LogP contribution in [0.1, 0.15) is 13.3 Å². The second kappa shape index (κ2) is 3.38. The molecule has 0 aliphatic heterocycles. The van der Waals surface area contributed by atoms with E-state index in [0.29, 0.717) is 0 Å². The van der Waals surface area contributed by atoms with Crippen molar-refractivity contribution >= 4 is 11.8 Å². The average Bonchev–Trinajstić information content (AvgIpc) is 2.13. The highest BCUT2D eigenvalue weighted by Crippen LogP contribution is 2.00. The minimum atomic E-state index is 0.922. The zero-order valence-corrected chi connectivity index (χ0v) is 7.49. The largest absolute Gasteiger partial charge is 0.158 e. The molecule has 0 saturated heterocycles. The number of aromatic nitrogens is 2. The standard InChI is InChI=1S/C11H10N2/c1-9-3-2-4-10-7-8-12-13-11(10)6-5-9/h2-3,6-8H,5H2,1H3/b9-3-,11-6+. The van der Waals surface area contributed by atoms with E-state index < -0.39 is 0 Å². The maximum Gasteiger partial charge on any atom is 0.0970 e. The number of allylic oxidation sites excluding steroid dienone is 3. The van der Waals surface area contributed by atoms with Gasteiger partial charge in [0.2, 0.25) is 0 Å². The molecule has 0 amide bonds. The smallest absolute Gasteiger partial charge is 0.0970 e. The summed E-state index contributed by atoms with van der Waals surface area (Å²) >= 11 is 0. The van der Waals surface area contributed by atoms with Gasteiger partial charge in [-0.2, -0.15) is 10.2 Å². The number of rotatable bonds is 0. The van der Waals surface area contributed by atoms with Gasteiger partial charge in [0.15, 0.2) is 0 Å². The van der Waals surface area contributed by atoms with Crippen LogP contribution in [-0.4, -0.2) is 10.2 Å². The van der Waals surface area contributed by atoms with Crippen molar-refractivity contribution < 1.29 is 0 Å². The predicted octanol–water partition coefficient (Wildman–Crippen LogP) is 0.543. The van der Waals surface area contributed by atoms with Gasteiger partial charge in [0.05, 0.1) is 11.5 Å². The number of nitrogens with zero attached hydrogens (tertiary/aromatic N) is 2. The first-order valence-corrected chi connectivity index (χ1v) is 4.26. The average molecular weight is 170 g/mol. The van der Waals surface area contributed by atoms with Crippen molar-refractivity contribution in [2.75, 3.05) is 0 Å². The fourth-order valence-corrected chi connectivity index (χ4v) is 1.21. The van der Waals surface area contributed by atoms with E-state index in [1.165, 1.54) is 5.57 Å². The van der Waals surface area contributed by atoms with E-state index in [9.17, 15) is 0 Å². The van der Waals surface area contributed by atoms with Gasteiger partial charge in [-0.3, -0.25) is 0 Å². The molecule has 0 bridgehead atoms. The summed E-state index contributed by atoms with van der Waals surface area (Å²) in [5.74, 6) is 0. The van der Waals surface area contributed by atoms with Gasteiger partial charge in [-0.1, -0.05) is 17.7 Å². The van der Waals surface area contributed by atoms with Crippen molar-refractivity contribution in [3.8, 4) is 0 Å². The molecule has 1 heterocycles. The van der Waals surface area contributed by atoms with Gasteiger partial charge in [-0.05, 0) is 25.5 Å². The fraction of sp³-hybridized carbons (Fsp3) is 0.182. The Balaban J connectivity index is 2.78. The zero-order valence-electron chi connectivity index (χ0n) is 7.49. The van der Waals surface area contributed by atoms with Crippen LogP contribution in [-0.2, 0) is 0 Å². The van der Waals surface area contributed by atoms with Gasteiger partial charge >= 0.3 is 0 Å². The Morgan fingerprint density at radius 1 is 1.46 bits per heavy atom. The van der Waals surface area contributed by atoms with Gasteiger partial charge in [-0.25, -0.2) is 0 Å². The molecule has 64 valence electrons. The van der Waals surface area contributed by atoms with E-state index in [1.54, 1.807) is 6.20 Å². The van der Waals surface area contributed by atoms with E-state index >= 15 is 0 Å². The van der Waals surface area contributed by atoms with Crippen LogP contribution < -0.4 is 10.6 Å². The highest BCUT2D eigenvalue weighted by molar-refractivity contribution is 5.36. The molecule has 0 aromatic carbocycles. The Morgan fingerprint density at radius 3 is 3.31 bits per heavy atom. The van der Waals surface area contributed by atoms with Crippen molar-refractivity contribution in [3.63, 3.8) is 0 Å². The van der Waals surface area contributed by atoms with Crippen molar-refractivity contribution in [1.29, 1.82) is 0 Å². The Bertz CT molecular complexity index is 491. The lowest BCUT2D eigenvalue weighted by molar-refractivity contribution is 0.976. The third kappa shape index (κ3) is 1.74. The van der Waals surface area contributed by atoms with E-state index in [4.69, 9.17) is 0 Å². The summed E-state index contributed by atoms with van der Waals surface area (Å²) in [5, 5.41) is 9.82. The Hall–Kier alpha value is -1.66. The van der Waals surface area contributed by atoms with Crippen LogP contribution in [0.4, 0.5) is 0 Å². The van der Waals surface area contributed by atoms with Gasteiger partial charge in [0.1, 0.15) is 0 Å². The molecule has 0 unspecified atom stereocenters. The van der Waals surface area contributed by atoms with Crippen molar-refractivity contribution in [2.45, 2.75) is 13.3 Å². The van der Waals surface area contributed by atoms with Crippen LogP contribution in [0.2, 0.25) is 0 Å². The molecule has 0 N–H and O–H groups in total. The topological polar surface area (TPSA) is 25.8 Å². The maximum atomic E-state index is 4.04. The summed E-state index contributed by atoms with van der Waals surface area (Å²) < 4.78 is 0. The van der Waals surface area contributed by atoms with Crippen molar-refractivity contribution in [2.24, 2.45) is 0 Å². The Labute approximate surface area is 76.6 Å². The van der Waals surface area contributed by atoms with E-state index in [0.717, 1.165) is 17.0 Å². The Kier molecular flexibility index (Phi) is 2.07. The van der Waals surface area contributed by atoms with Gasteiger partial charge in [0, 0.05) is 5.22 Å². The molecular formula is C11H10N2. The van der Waals surface area contributed by atoms with E-state index in [2.05, 4.69) is 35.0 Å². The van der Waals surface area contributed by atoms with Crippen LogP contribution in [0.5, 0.6) is 0 Å². The number of hydrogen-bond acceptors (Lipinski definition) is 2. The lowest BCUT2D eigenvalue weighted by atomic mass is 10.1. The summed E-state index contributed by atoms with van der Waals surface area (Å²) in [7, 11) is 0. The van der Waals surface area contributed by atoms with Gasteiger partial charge in [0.25, 0.3) is 0 Å². The van der Waals surface area contributed by atoms with Crippen LogP contribution in [0, 0.1) is 0 Å². The molecular weight excluding hydrogens is 160 g/mol. The molecule has 2 nitrogen and oxygen atoms in total. The quantitative estimate of drug-likeness (QED) is 0.568. The Morgan fingerprint density at radius 2 is 2.38 bits per heavy atom. The molecule has 0 saturated carbocycles. The second-order valence-corrected chi connectivity index (χ2v) is 3.06. The summed E-state index contributed by atoms with van der Waals surface area (Å²) in [4.78, 5) is 0. The summed E-state index contributed by atoms with van der Waals surface area (Å²) in [6.45, 7) is 2.09. The van der Waals surface area contributed by atoms with Crippen LogP contribution in [0.15, 0.2) is 30.0 Å². The molecule has 0 atom stereocenters. The van der Waals surface area contributed by atoms with Gasteiger partial charge in [-0.15, -0.1) is 5.73 Å². The molecule has 0 fully saturated rings. The molecule has 13 heavy (non-hydrogen) atoms. The SMILES string of the molecule is C/C1=C/C=C=c2ccnn/c2=C/C1. The molecule has 1 aliphatic carbocycles. The summed E-state index contributed by atoms with van der Waals surface area (Å²) in [6, 6.07) is 1.92. The van der Waals surface area contributed by atoms with Crippen LogP contribution in [0.3, 0.4) is 0 Å². The number of fused-ring (bicyclic) bond motifs is 1.